The maximum absolute atomic E-state index is 14.3. The Morgan fingerprint density at radius 3 is 2.78 bits per heavy atom. The van der Waals surface area contributed by atoms with Crippen LogP contribution in [0.15, 0.2) is 21.8 Å². The summed E-state index contributed by atoms with van der Waals surface area (Å²) in [6.45, 7) is 5.18. The van der Waals surface area contributed by atoms with Crippen LogP contribution in [0.4, 0.5) is 14.9 Å². The van der Waals surface area contributed by atoms with Gasteiger partial charge in [-0.15, -0.1) is 0 Å². The van der Waals surface area contributed by atoms with Crippen molar-refractivity contribution >= 4 is 37.6 Å². The third kappa shape index (κ3) is 4.02. The van der Waals surface area contributed by atoms with Crippen LogP contribution in [0.1, 0.15) is 32.9 Å². The van der Waals surface area contributed by atoms with E-state index < -0.39 is 33.1 Å². The van der Waals surface area contributed by atoms with Gasteiger partial charge in [-0.05, 0) is 26.8 Å². The summed E-state index contributed by atoms with van der Waals surface area (Å²) in [6, 6.07) is 2.26. The molecule has 0 bridgehead atoms. The molecule has 0 spiro atoms. The number of anilines is 1. The number of sulfone groups is 1. The number of hydrogen-bond donors (Lipinski definition) is 1. The molecule has 2 heterocycles. The Labute approximate surface area is 154 Å². The number of nitrogens with one attached hydrogen (secondary N) is 1. The molecule has 2 aromatic rings. The van der Waals surface area contributed by atoms with Crippen molar-refractivity contribution in [2.45, 2.75) is 38.5 Å². The average Bonchev–Trinajstić information content (AvgIpc) is 3.11. The standard InChI is InChI=1S/C16H18FN3O6S/c1-4-24-15(21)18-11-6-13-9(5-10(11)17)12(19-25-13)8-27(22,23)14-7-16(2,3)26-20-14/h5-6H,4,7-8H2,1-3H3,(H,18,21). The Hall–Kier alpha value is -2.69. The van der Waals surface area contributed by atoms with Crippen molar-refractivity contribution in [3.63, 3.8) is 0 Å². The fraction of sp³-hybridized carbons (Fsp3) is 0.438. The van der Waals surface area contributed by atoms with Gasteiger partial charge in [0, 0.05) is 17.9 Å². The lowest BCUT2D eigenvalue weighted by molar-refractivity contribution is 0.0123. The van der Waals surface area contributed by atoms with Gasteiger partial charge in [0.2, 0.25) is 9.84 Å². The number of nitrogens with zero attached hydrogens (tertiary/aromatic N) is 2. The summed E-state index contributed by atoms with van der Waals surface area (Å²) < 4.78 is 49.1. The van der Waals surface area contributed by atoms with Gasteiger partial charge in [-0.25, -0.2) is 17.6 Å². The molecule has 1 aliphatic rings. The first-order valence-electron chi connectivity index (χ1n) is 8.11. The van der Waals surface area contributed by atoms with Crippen LogP contribution in [0.3, 0.4) is 0 Å². The maximum atomic E-state index is 14.3. The predicted molar refractivity (Wildman–Crippen MR) is 94.5 cm³/mol. The fourth-order valence-corrected chi connectivity index (χ4v) is 3.97. The average molecular weight is 399 g/mol. The molecule has 0 fully saturated rings. The zero-order chi connectivity index (χ0) is 19.8. The van der Waals surface area contributed by atoms with E-state index >= 15 is 0 Å². The number of ether oxygens (including phenoxy) is 1. The highest BCUT2D eigenvalue weighted by Crippen LogP contribution is 2.29. The van der Waals surface area contributed by atoms with Crippen LogP contribution >= 0.6 is 0 Å². The Morgan fingerprint density at radius 2 is 2.15 bits per heavy atom. The molecule has 0 saturated carbocycles. The lowest BCUT2D eigenvalue weighted by Crippen LogP contribution is -2.23. The summed E-state index contributed by atoms with van der Waals surface area (Å²) in [5.41, 5.74) is -0.701. The van der Waals surface area contributed by atoms with E-state index in [0.717, 1.165) is 6.07 Å². The Bertz CT molecular complexity index is 1030. The smallest absolute Gasteiger partial charge is 0.411 e. The van der Waals surface area contributed by atoms with Gasteiger partial charge in [-0.3, -0.25) is 5.32 Å². The van der Waals surface area contributed by atoms with E-state index in [4.69, 9.17) is 14.1 Å². The number of fused-ring (bicyclic) bond motifs is 1. The van der Waals surface area contributed by atoms with E-state index in [2.05, 4.69) is 15.6 Å². The molecule has 3 rings (SSSR count). The number of oxime groups is 1. The van der Waals surface area contributed by atoms with Crippen LogP contribution in [0, 0.1) is 5.82 Å². The summed E-state index contributed by atoms with van der Waals surface area (Å²) in [4.78, 5) is 16.5. The van der Waals surface area contributed by atoms with Crippen molar-refractivity contribution in [3.05, 3.63) is 23.6 Å². The van der Waals surface area contributed by atoms with Crippen molar-refractivity contribution in [2.24, 2.45) is 5.16 Å². The highest BCUT2D eigenvalue weighted by Gasteiger charge is 2.36. The number of benzene rings is 1. The van der Waals surface area contributed by atoms with Crippen LogP contribution in [0.5, 0.6) is 0 Å². The normalized spacial score (nSPS) is 16.1. The monoisotopic (exact) mass is 399 g/mol. The molecule has 1 N–H and O–H groups in total. The molecule has 0 aliphatic carbocycles. The molecular formula is C16H18FN3O6S. The van der Waals surface area contributed by atoms with Crippen LogP contribution in [-0.2, 0) is 25.2 Å². The minimum atomic E-state index is -3.80. The van der Waals surface area contributed by atoms with Gasteiger partial charge in [0.05, 0.1) is 12.3 Å². The second kappa shape index (κ2) is 6.80. The Morgan fingerprint density at radius 1 is 1.41 bits per heavy atom. The van der Waals surface area contributed by atoms with E-state index in [1.807, 2.05) is 0 Å². The van der Waals surface area contributed by atoms with E-state index in [9.17, 15) is 17.6 Å². The van der Waals surface area contributed by atoms with Crippen molar-refractivity contribution < 1.29 is 31.7 Å². The minimum absolute atomic E-state index is 0.0407. The molecule has 0 radical (unpaired) electrons. The number of halogens is 1. The van der Waals surface area contributed by atoms with Crippen molar-refractivity contribution in [2.75, 3.05) is 11.9 Å². The largest absolute Gasteiger partial charge is 0.450 e. The molecule has 1 aliphatic heterocycles. The molecule has 0 saturated heterocycles. The van der Waals surface area contributed by atoms with Gasteiger partial charge in [0.1, 0.15) is 22.9 Å². The van der Waals surface area contributed by atoms with Crippen LogP contribution < -0.4 is 5.32 Å². The number of carbonyl (C=O) groups is 1. The Kier molecular flexibility index (Phi) is 4.81. The van der Waals surface area contributed by atoms with Gasteiger partial charge in [0.15, 0.2) is 10.6 Å². The topological polar surface area (TPSA) is 120 Å². The van der Waals surface area contributed by atoms with Crippen molar-refractivity contribution in [1.82, 2.24) is 5.16 Å². The van der Waals surface area contributed by atoms with Gasteiger partial charge >= 0.3 is 6.09 Å². The van der Waals surface area contributed by atoms with Crippen molar-refractivity contribution in [3.8, 4) is 0 Å². The Balaban J connectivity index is 1.87. The number of amides is 1. The quantitative estimate of drug-likeness (QED) is 0.839. The zero-order valence-corrected chi connectivity index (χ0v) is 15.7. The molecule has 0 atom stereocenters. The highest BCUT2D eigenvalue weighted by atomic mass is 32.2. The molecule has 27 heavy (non-hydrogen) atoms. The van der Waals surface area contributed by atoms with Gasteiger partial charge < -0.3 is 14.1 Å². The van der Waals surface area contributed by atoms with Crippen LogP contribution in [0.25, 0.3) is 11.0 Å². The first-order valence-corrected chi connectivity index (χ1v) is 9.76. The molecule has 1 aromatic carbocycles. The zero-order valence-electron chi connectivity index (χ0n) is 14.9. The number of carbonyl (C=O) groups excluding carboxylic acids is 1. The van der Waals surface area contributed by atoms with Crippen LogP contribution in [-0.4, -0.2) is 36.9 Å². The highest BCUT2D eigenvalue weighted by molar-refractivity contribution is 8.05. The van der Waals surface area contributed by atoms with Gasteiger partial charge in [-0.1, -0.05) is 10.3 Å². The van der Waals surface area contributed by atoms with E-state index in [0.29, 0.717) is 0 Å². The predicted octanol–water partition coefficient (Wildman–Crippen LogP) is 2.96. The number of rotatable bonds is 4. The molecule has 9 nitrogen and oxygen atoms in total. The lowest BCUT2D eigenvalue weighted by atomic mass is 10.1. The molecule has 1 amide bonds. The third-order valence-electron chi connectivity index (χ3n) is 3.80. The molecule has 1 aromatic heterocycles. The maximum Gasteiger partial charge on any atom is 0.411 e. The van der Waals surface area contributed by atoms with Crippen molar-refractivity contribution in [1.29, 1.82) is 0 Å². The molecule has 146 valence electrons. The van der Waals surface area contributed by atoms with E-state index in [1.54, 1.807) is 20.8 Å². The molecule has 11 heteroatoms. The summed E-state index contributed by atoms with van der Waals surface area (Å²) in [7, 11) is -3.80. The first-order chi connectivity index (χ1) is 12.6. The lowest BCUT2D eigenvalue weighted by Gasteiger charge is -2.13. The second-order valence-electron chi connectivity index (χ2n) is 6.57. The summed E-state index contributed by atoms with van der Waals surface area (Å²) in [5, 5.41) is 9.69. The van der Waals surface area contributed by atoms with Crippen LogP contribution in [0.2, 0.25) is 0 Å². The van der Waals surface area contributed by atoms with Gasteiger partial charge in [-0.2, -0.15) is 0 Å². The summed E-state index contributed by atoms with van der Waals surface area (Å²) in [6.07, 6.45) is -0.687. The molecular weight excluding hydrogens is 381 g/mol. The third-order valence-corrected chi connectivity index (χ3v) is 5.39. The summed E-state index contributed by atoms with van der Waals surface area (Å²) >= 11 is 0. The fourth-order valence-electron chi connectivity index (χ4n) is 2.52. The number of aromatic nitrogens is 1. The minimum Gasteiger partial charge on any atom is -0.450 e. The first kappa shape index (κ1) is 19.1. The molecule has 0 unspecified atom stereocenters. The van der Waals surface area contributed by atoms with E-state index in [-0.39, 0.29) is 40.4 Å². The SMILES string of the molecule is CCOC(=O)Nc1cc2onc(CS(=O)(=O)C3=NOC(C)(C)C3)c2cc1F. The second-order valence-corrected chi connectivity index (χ2v) is 8.56. The number of hydrogen-bond acceptors (Lipinski definition) is 8. The van der Waals surface area contributed by atoms with Gasteiger partial charge in [0.25, 0.3) is 0 Å². The van der Waals surface area contributed by atoms with E-state index in [1.165, 1.54) is 6.07 Å². The summed E-state index contributed by atoms with van der Waals surface area (Å²) in [5.74, 6) is -1.29.